The number of halogens is 3. The maximum Gasteiger partial charge on any atom is 0.416 e. The first-order valence-electron chi connectivity index (χ1n) is 5.73. The third-order valence-corrected chi connectivity index (χ3v) is 4.41. The monoisotopic (exact) mass is 295 g/mol. The molecule has 0 heterocycles. The summed E-state index contributed by atoms with van der Waals surface area (Å²) in [4.78, 5) is -0.173. The summed E-state index contributed by atoms with van der Waals surface area (Å²) in [6.45, 7) is 5.40. The van der Waals surface area contributed by atoms with Crippen LogP contribution < -0.4 is 4.72 Å². The molecule has 3 nitrogen and oxygen atoms in total. The summed E-state index contributed by atoms with van der Waals surface area (Å²) in [5.74, 6) is 0.0872. The lowest BCUT2D eigenvalue weighted by atomic mass is 10.1. The van der Waals surface area contributed by atoms with E-state index in [-0.39, 0.29) is 16.9 Å². The molecule has 0 saturated carbocycles. The third kappa shape index (κ3) is 4.21. The van der Waals surface area contributed by atoms with Crippen molar-refractivity contribution in [2.24, 2.45) is 5.92 Å². The molecule has 7 heteroatoms. The van der Waals surface area contributed by atoms with E-state index in [0.29, 0.717) is 0 Å². The van der Waals surface area contributed by atoms with E-state index < -0.39 is 21.8 Å². The fraction of sp³-hybridized carbons (Fsp3) is 0.500. The van der Waals surface area contributed by atoms with Crippen LogP contribution in [0.15, 0.2) is 29.2 Å². The van der Waals surface area contributed by atoms with Gasteiger partial charge in [0.25, 0.3) is 0 Å². The van der Waals surface area contributed by atoms with Gasteiger partial charge in [-0.1, -0.05) is 13.8 Å². The zero-order valence-corrected chi connectivity index (χ0v) is 11.6. The second-order valence-electron chi connectivity index (χ2n) is 4.68. The maximum absolute atomic E-state index is 12.4. The second kappa shape index (κ2) is 5.50. The third-order valence-electron chi connectivity index (χ3n) is 2.83. The van der Waals surface area contributed by atoms with Gasteiger partial charge in [0.15, 0.2) is 0 Å². The highest BCUT2D eigenvalue weighted by Gasteiger charge is 2.30. The number of alkyl halides is 3. The van der Waals surface area contributed by atoms with Gasteiger partial charge in [-0.15, -0.1) is 0 Å². The van der Waals surface area contributed by atoms with Crippen LogP contribution in [0.25, 0.3) is 0 Å². The number of hydrogen-bond acceptors (Lipinski definition) is 2. The molecule has 1 rings (SSSR count). The lowest BCUT2D eigenvalue weighted by Gasteiger charge is -2.17. The highest BCUT2D eigenvalue weighted by Crippen LogP contribution is 2.29. The molecular weight excluding hydrogens is 279 g/mol. The van der Waals surface area contributed by atoms with Crippen LogP contribution in [0.3, 0.4) is 0 Å². The molecule has 0 aliphatic carbocycles. The zero-order chi connectivity index (χ0) is 14.8. The van der Waals surface area contributed by atoms with Crippen LogP contribution in [0.4, 0.5) is 13.2 Å². The standard InChI is InChI=1S/C12H16F3NO2S/c1-8(2)9(3)16-19(17,18)11-6-4-10(5-7-11)12(13,14)15/h4-9,16H,1-3H3/t9-/m0/s1. The molecule has 0 aliphatic heterocycles. The van der Waals surface area contributed by atoms with Crippen LogP contribution in [0.5, 0.6) is 0 Å². The first-order valence-corrected chi connectivity index (χ1v) is 7.22. The molecule has 0 saturated heterocycles. The van der Waals surface area contributed by atoms with E-state index in [9.17, 15) is 21.6 Å². The van der Waals surface area contributed by atoms with Gasteiger partial charge in [-0.2, -0.15) is 13.2 Å². The van der Waals surface area contributed by atoms with Gasteiger partial charge < -0.3 is 0 Å². The molecule has 1 aromatic rings. The summed E-state index contributed by atoms with van der Waals surface area (Å²) in [6, 6.07) is 3.13. The van der Waals surface area contributed by atoms with Crippen molar-refractivity contribution in [3.63, 3.8) is 0 Å². The van der Waals surface area contributed by atoms with Crippen LogP contribution in [0, 0.1) is 5.92 Å². The molecular formula is C12H16F3NO2S. The van der Waals surface area contributed by atoms with Crippen molar-refractivity contribution in [1.82, 2.24) is 4.72 Å². The number of sulfonamides is 1. The van der Waals surface area contributed by atoms with Crippen molar-refractivity contribution in [2.45, 2.75) is 37.9 Å². The first-order chi connectivity index (χ1) is 8.54. The molecule has 19 heavy (non-hydrogen) atoms. The van der Waals surface area contributed by atoms with Gasteiger partial charge >= 0.3 is 6.18 Å². The number of nitrogens with one attached hydrogen (secondary N) is 1. The Morgan fingerprint density at radius 2 is 1.53 bits per heavy atom. The fourth-order valence-corrected chi connectivity index (χ4v) is 2.66. The Balaban J connectivity index is 2.98. The summed E-state index contributed by atoms with van der Waals surface area (Å²) >= 11 is 0. The molecule has 0 radical (unpaired) electrons. The minimum atomic E-state index is -4.47. The molecule has 0 spiro atoms. The molecule has 108 valence electrons. The smallest absolute Gasteiger partial charge is 0.208 e. The molecule has 0 fully saturated rings. The van der Waals surface area contributed by atoms with E-state index in [1.54, 1.807) is 6.92 Å². The molecule has 0 aromatic heterocycles. The van der Waals surface area contributed by atoms with E-state index in [0.717, 1.165) is 24.3 Å². The Kier molecular flexibility index (Phi) is 4.63. The SMILES string of the molecule is CC(C)[C@H](C)NS(=O)(=O)c1ccc(C(F)(F)F)cc1. The Labute approximate surface area is 110 Å². The van der Waals surface area contributed by atoms with Crippen LogP contribution in [0.1, 0.15) is 26.3 Å². The van der Waals surface area contributed by atoms with Gasteiger partial charge in [0.1, 0.15) is 0 Å². The Hall–Kier alpha value is -1.08. The van der Waals surface area contributed by atoms with Crippen molar-refractivity contribution in [2.75, 3.05) is 0 Å². The summed E-state index contributed by atoms with van der Waals surface area (Å²) in [6.07, 6.45) is -4.47. The summed E-state index contributed by atoms with van der Waals surface area (Å²) in [5.41, 5.74) is -0.872. The molecule has 0 bridgehead atoms. The average Bonchev–Trinajstić information content (AvgIpc) is 2.27. The van der Waals surface area contributed by atoms with E-state index >= 15 is 0 Å². The summed E-state index contributed by atoms with van der Waals surface area (Å²) in [5, 5.41) is 0. The predicted molar refractivity (Wildman–Crippen MR) is 66.1 cm³/mol. The van der Waals surface area contributed by atoms with Crippen LogP contribution in [-0.2, 0) is 16.2 Å². The molecule has 0 amide bonds. The van der Waals surface area contributed by atoms with E-state index in [2.05, 4.69) is 4.72 Å². The van der Waals surface area contributed by atoms with Gasteiger partial charge in [0.2, 0.25) is 10.0 Å². The largest absolute Gasteiger partial charge is 0.416 e. The fourth-order valence-electron chi connectivity index (χ4n) is 1.27. The number of hydrogen-bond donors (Lipinski definition) is 1. The quantitative estimate of drug-likeness (QED) is 0.928. The van der Waals surface area contributed by atoms with Gasteiger partial charge in [-0.25, -0.2) is 13.1 Å². The normalized spacial score (nSPS) is 14.7. The van der Waals surface area contributed by atoms with E-state index in [1.165, 1.54) is 0 Å². The van der Waals surface area contributed by atoms with Crippen LogP contribution in [0.2, 0.25) is 0 Å². The lowest BCUT2D eigenvalue weighted by Crippen LogP contribution is -2.36. The lowest BCUT2D eigenvalue weighted by molar-refractivity contribution is -0.137. The van der Waals surface area contributed by atoms with Gasteiger partial charge in [-0.3, -0.25) is 0 Å². The van der Waals surface area contributed by atoms with E-state index in [1.807, 2.05) is 13.8 Å². The van der Waals surface area contributed by atoms with Crippen LogP contribution >= 0.6 is 0 Å². The van der Waals surface area contributed by atoms with Gasteiger partial charge in [0, 0.05) is 6.04 Å². The predicted octanol–water partition coefficient (Wildman–Crippen LogP) is 3.03. The molecule has 0 unspecified atom stereocenters. The Morgan fingerprint density at radius 1 is 1.05 bits per heavy atom. The average molecular weight is 295 g/mol. The topological polar surface area (TPSA) is 46.2 Å². The summed E-state index contributed by atoms with van der Waals surface area (Å²) < 4.78 is 63.4. The van der Waals surface area contributed by atoms with Crippen molar-refractivity contribution in [3.8, 4) is 0 Å². The van der Waals surface area contributed by atoms with E-state index in [4.69, 9.17) is 0 Å². The van der Waals surface area contributed by atoms with Crippen molar-refractivity contribution >= 4 is 10.0 Å². The Bertz CT molecular complexity index is 521. The highest BCUT2D eigenvalue weighted by atomic mass is 32.2. The van der Waals surface area contributed by atoms with Gasteiger partial charge in [0.05, 0.1) is 10.5 Å². The van der Waals surface area contributed by atoms with Gasteiger partial charge in [-0.05, 0) is 37.1 Å². The minimum Gasteiger partial charge on any atom is -0.208 e. The first kappa shape index (κ1) is 16.0. The number of rotatable bonds is 4. The van der Waals surface area contributed by atoms with Crippen molar-refractivity contribution in [1.29, 1.82) is 0 Å². The maximum atomic E-state index is 12.4. The number of benzene rings is 1. The van der Waals surface area contributed by atoms with Crippen molar-refractivity contribution in [3.05, 3.63) is 29.8 Å². The molecule has 1 aromatic carbocycles. The molecule has 1 N–H and O–H groups in total. The highest BCUT2D eigenvalue weighted by molar-refractivity contribution is 7.89. The minimum absolute atomic E-state index is 0.0872. The molecule has 1 atom stereocenters. The second-order valence-corrected chi connectivity index (χ2v) is 6.39. The molecule has 0 aliphatic rings. The van der Waals surface area contributed by atoms with Crippen LogP contribution in [-0.4, -0.2) is 14.5 Å². The summed E-state index contributed by atoms with van der Waals surface area (Å²) in [7, 11) is -3.78. The van der Waals surface area contributed by atoms with Crippen molar-refractivity contribution < 1.29 is 21.6 Å². The Morgan fingerprint density at radius 3 is 1.89 bits per heavy atom. The zero-order valence-electron chi connectivity index (χ0n) is 10.8.